The van der Waals surface area contributed by atoms with Gasteiger partial charge in [0.2, 0.25) is 0 Å². The van der Waals surface area contributed by atoms with Crippen LogP contribution in [0.4, 0.5) is 17.1 Å². The standard InChI is InChI=1S/C53H40N2/c1-2-3-16-36-27-31-51-45(33-36)46-34-39(29-32-52(46)55(51)38-19-8-5-9-20-38)54(37-17-6-4-7-18-37)40-28-30-44-43-23-12-15-26-49(43)53(50(44)35-40)47-24-13-10-21-41(47)42-22-11-14-25-48(42)53/h4-15,17-35H,2-3,16H2,1H3. The molecule has 262 valence electrons. The van der Waals surface area contributed by atoms with Crippen molar-refractivity contribution in [1.82, 2.24) is 4.57 Å². The summed E-state index contributed by atoms with van der Waals surface area (Å²) in [7, 11) is 0. The first-order chi connectivity index (χ1) is 27.3. The van der Waals surface area contributed by atoms with Crippen molar-refractivity contribution in [2.24, 2.45) is 0 Å². The molecule has 1 heterocycles. The van der Waals surface area contributed by atoms with Gasteiger partial charge in [-0.15, -0.1) is 0 Å². The Morgan fingerprint density at radius 1 is 0.436 bits per heavy atom. The second-order valence-electron chi connectivity index (χ2n) is 15.1. The number of benzene rings is 8. The number of aryl methyl sites for hydroxylation is 1. The van der Waals surface area contributed by atoms with Crippen LogP contribution in [0.5, 0.6) is 0 Å². The summed E-state index contributed by atoms with van der Waals surface area (Å²) in [6.45, 7) is 2.27. The van der Waals surface area contributed by atoms with Crippen LogP contribution >= 0.6 is 0 Å². The quantitative estimate of drug-likeness (QED) is 0.160. The highest BCUT2D eigenvalue weighted by atomic mass is 15.1. The second kappa shape index (κ2) is 12.5. The molecule has 2 aliphatic carbocycles. The first-order valence-electron chi connectivity index (χ1n) is 19.7. The number of fused-ring (bicyclic) bond motifs is 13. The van der Waals surface area contributed by atoms with Gasteiger partial charge < -0.3 is 9.47 Å². The molecule has 1 aromatic heterocycles. The molecule has 0 unspecified atom stereocenters. The van der Waals surface area contributed by atoms with Crippen LogP contribution < -0.4 is 4.90 Å². The number of hydrogen-bond acceptors (Lipinski definition) is 1. The van der Waals surface area contributed by atoms with Gasteiger partial charge >= 0.3 is 0 Å². The molecule has 2 heteroatoms. The predicted octanol–water partition coefficient (Wildman–Crippen LogP) is 13.9. The summed E-state index contributed by atoms with van der Waals surface area (Å²) in [4.78, 5) is 2.45. The SMILES string of the molecule is CCCCc1ccc2c(c1)c1cc(N(c3ccccc3)c3ccc4c(c3)C3(c5ccccc5-c5ccccc53)c3ccccc3-4)ccc1n2-c1ccccc1. The monoisotopic (exact) mass is 704 g/mol. The van der Waals surface area contributed by atoms with E-state index in [1.165, 1.54) is 90.4 Å². The van der Waals surface area contributed by atoms with Gasteiger partial charge in [0.25, 0.3) is 0 Å². The van der Waals surface area contributed by atoms with E-state index in [-0.39, 0.29) is 0 Å². The number of unbranched alkanes of at least 4 members (excludes halogenated alkanes) is 1. The Labute approximate surface area is 322 Å². The van der Waals surface area contributed by atoms with Gasteiger partial charge in [-0.2, -0.15) is 0 Å². The van der Waals surface area contributed by atoms with E-state index in [4.69, 9.17) is 0 Å². The number of para-hydroxylation sites is 2. The molecule has 55 heavy (non-hydrogen) atoms. The van der Waals surface area contributed by atoms with Crippen molar-refractivity contribution in [3.63, 3.8) is 0 Å². The van der Waals surface area contributed by atoms with E-state index in [0.717, 1.165) is 23.5 Å². The Morgan fingerprint density at radius 3 is 1.58 bits per heavy atom. The zero-order valence-electron chi connectivity index (χ0n) is 30.9. The summed E-state index contributed by atoms with van der Waals surface area (Å²) < 4.78 is 2.43. The molecule has 1 spiro atoms. The molecule has 9 aromatic rings. The minimum absolute atomic E-state index is 0.403. The Morgan fingerprint density at radius 2 is 0.945 bits per heavy atom. The summed E-state index contributed by atoms with van der Waals surface area (Å²) in [5.74, 6) is 0. The van der Waals surface area contributed by atoms with E-state index in [0.29, 0.717) is 0 Å². The normalized spacial score (nSPS) is 13.2. The fourth-order valence-corrected chi connectivity index (χ4v) is 9.84. The van der Waals surface area contributed by atoms with Gasteiger partial charge in [0.15, 0.2) is 0 Å². The maximum absolute atomic E-state index is 2.49. The molecule has 0 atom stereocenters. The molecule has 0 saturated carbocycles. The Kier molecular flexibility index (Phi) is 7.22. The van der Waals surface area contributed by atoms with E-state index >= 15 is 0 Å². The van der Waals surface area contributed by atoms with E-state index in [9.17, 15) is 0 Å². The molecule has 0 bridgehead atoms. The lowest BCUT2D eigenvalue weighted by atomic mass is 9.70. The fraction of sp³-hybridized carbons (Fsp3) is 0.0943. The summed E-state index contributed by atoms with van der Waals surface area (Å²) in [5.41, 5.74) is 18.7. The van der Waals surface area contributed by atoms with Gasteiger partial charge in [0, 0.05) is 33.5 Å². The fourth-order valence-electron chi connectivity index (χ4n) is 9.84. The van der Waals surface area contributed by atoms with E-state index in [1.807, 2.05) is 0 Å². The topological polar surface area (TPSA) is 8.17 Å². The van der Waals surface area contributed by atoms with Crippen molar-refractivity contribution in [3.8, 4) is 27.9 Å². The molecule has 0 saturated heterocycles. The lowest BCUT2D eigenvalue weighted by Gasteiger charge is -2.32. The van der Waals surface area contributed by atoms with Gasteiger partial charge in [-0.05, 0) is 130 Å². The third-order valence-corrected chi connectivity index (χ3v) is 12.2. The van der Waals surface area contributed by atoms with Crippen molar-refractivity contribution in [2.45, 2.75) is 31.6 Å². The van der Waals surface area contributed by atoms with Gasteiger partial charge in [-0.25, -0.2) is 0 Å². The first kappa shape index (κ1) is 31.8. The molecule has 0 N–H and O–H groups in total. The number of aromatic nitrogens is 1. The zero-order valence-corrected chi connectivity index (χ0v) is 30.9. The molecular weight excluding hydrogens is 665 g/mol. The highest BCUT2D eigenvalue weighted by molar-refractivity contribution is 6.11. The Bertz CT molecular complexity index is 2850. The van der Waals surface area contributed by atoms with Crippen LogP contribution in [0.25, 0.3) is 49.7 Å². The third-order valence-electron chi connectivity index (χ3n) is 12.2. The number of hydrogen-bond donors (Lipinski definition) is 0. The van der Waals surface area contributed by atoms with Crippen molar-refractivity contribution in [3.05, 3.63) is 216 Å². The van der Waals surface area contributed by atoms with Crippen molar-refractivity contribution in [1.29, 1.82) is 0 Å². The predicted molar refractivity (Wildman–Crippen MR) is 230 cm³/mol. The van der Waals surface area contributed by atoms with Crippen LogP contribution in [0.3, 0.4) is 0 Å². The largest absolute Gasteiger partial charge is 0.310 e. The molecule has 11 rings (SSSR count). The van der Waals surface area contributed by atoms with Gasteiger partial charge in [-0.3, -0.25) is 0 Å². The average Bonchev–Trinajstić information content (AvgIpc) is 3.85. The minimum Gasteiger partial charge on any atom is -0.310 e. The summed E-state index contributed by atoms with van der Waals surface area (Å²) in [6, 6.07) is 70.2. The smallest absolute Gasteiger partial charge is 0.0726 e. The van der Waals surface area contributed by atoms with E-state index < -0.39 is 5.41 Å². The van der Waals surface area contributed by atoms with E-state index in [1.54, 1.807) is 0 Å². The number of nitrogens with zero attached hydrogens (tertiary/aromatic N) is 2. The van der Waals surface area contributed by atoms with Crippen LogP contribution in [0.1, 0.15) is 47.6 Å². The summed E-state index contributed by atoms with van der Waals surface area (Å²) >= 11 is 0. The zero-order chi connectivity index (χ0) is 36.5. The average molecular weight is 705 g/mol. The van der Waals surface area contributed by atoms with Crippen LogP contribution in [0.15, 0.2) is 188 Å². The van der Waals surface area contributed by atoms with Gasteiger partial charge in [-0.1, -0.05) is 135 Å². The number of anilines is 3. The lowest BCUT2D eigenvalue weighted by molar-refractivity contribution is 0.793. The molecule has 0 aliphatic heterocycles. The van der Waals surface area contributed by atoms with Crippen LogP contribution in [0, 0.1) is 0 Å². The molecule has 0 fully saturated rings. The van der Waals surface area contributed by atoms with Gasteiger partial charge in [0.1, 0.15) is 0 Å². The third kappa shape index (κ3) is 4.61. The van der Waals surface area contributed by atoms with E-state index in [2.05, 4.69) is 204 Å². The van der Waals surface area contributed by atoms with Crippen molar-refractivity contribution < 1.29 is 0 Å². The van der Waals surface area contributed by atoms with Crippen LogP contribution in [0.2, 0.25) is 0 Å². The molecule has 0 radical (unpaired) electrons. The maximum atomic E-state index is 2.49. The lowest BCUT2D eigenvalue weighted by Crippen LogP contribution is -2.26. The van der Waals surface area contributed by atoms with Crippen molar-refractivity contribution in [2.75, 3.05) is 4.90 Å². The molecule has 2 aliphatic rings. The second-order valence-corrected chi connectivity index (χ2v) is 15.1. The first-order valence-corrected chi connectivity index (χ1v) is 19.7. The summed E-state index contributed by atoms with van der Waals surface area (Å²) in [6.07, 6.45) is 3.46. The van der Waals surface area contributed by atoms with Crippen LogP contribution in [-0.4, -0.2) is 4.57 Å². The Balaban J connectivity index is 1.16. The molecular formula is C53H40N2. The highest BCUT2D eigenvalue weighted by Crippen LogP contribution is 2.63. The van der Waals surface area contributed by atoms with Crippen molar-refractivity contribution >= 4 is 38.9 Å². The maximum Gasteiger partial charge on any atom is 0.0726 e. The molecule has 0 amide bonds. The van der Waals surface area contributed by atoms with Crippen LogP contribution in [-0.2, 0) is 11.8 Å². The summed E-state index contributed by atoms with van der Waals surface area (Å²) in [5, 5.41) is 2.56. The molecule has 2 nitrogen and oxygen atoms in total. The van der Waals surface area contributed by atoms with Gasteiger partial charge in [0.05, 0.1) is 16.4 Å². The minimum atomic E-state index is -0.403. The molecule has 8 aromatic carbocycles. The Hall–Kier alpha value is -6.64. The highest BCUT2D eigenvalue weighted by Gasteiger charge is 2.51. The number of rotatable bonds is 7.